The van der Waals surface area contributed by atoms with Crippen molar-refractivity contribution in [2.45, 2.75) is 6.92 Å². The van der Waals surface area contributed by atoms with Gasteiger partial charge in [0.1, 0.15) is 17.1 Å². The maximum atomic E-state index is 13.7. The summed E-state index contributed by atoms with van der Waals surface area (Å²) in [6.45, 7) is 1.22. The van der Waals surface area contributed by atoms with Crippen LogP contribution in [0.4, 0.5) is 10.1 Å². The van der Waals surface area contributed by atoms with E-state index >= 15 is 0 Å². The lowest BCUT2D eigenvalue weighted by Crippen LogP contribution is -2.12. The van der Waals surface area contributed by atoms with Crippen molar-refractivity contribution >= 4 is 11.7 Å². The van der Waals surface area contributed by atoms with Crippen LogP contribution in [-0.4, -0.2) is 16.0 Å². The summed E-state index contributed by atoms with van der Waals surface area (Å²) < 4.78 is 18.6. The Morgan fingerprint density at radius 1 is 1.33 bits per heavy atom. The number of halogens is 1. The van der Waals surface area contributed by atoms with Crippen LogP contribution in [0.25, 0.3) is 0 Å². The zero-order valence-corrected chi connectivity index (χ0v) is 10.9. The number of phenols is 1. The maximum Gasteiger partial charge on any atom is 0.347 e. The molecule has 2 aromatic rings. The van der Waals surface area contributed by atoms with Gasteiger partial charge in [0, 0.05) is 5.56 Å². The van der Waals surface area contributed by atoms with Crippen molar-refractivity contribution in [3.8, 4) is 11.5 Å². The number of nitro groups is 1. The minimum Gasteiger partial charge on any atom is -0.501 e. The summed E-state index contributed by atoms with van der Waals surface area (Å²) in [5.74, 6) is -2.79. The molecule has 7 heteroatoms. The number of carbonyl (C=O) groups excluding carboxylic acids is 1. The van der Waals surface area contributed by atoms with E-state index < -0.39 is 33.7 Å². The number of ether oxygens (including phenoxy) is 1. The van der Waals surface area contributed by atoms with Crippen molar-refractivity contribution in [1.29, 1.82) is 0 Å². The molecule has 0 aliphatic heterocycles. The highest BCUT2D eigenvalue weighted by molar-refractivity contribution is 5.97. The molecule has 1 N–H and O–H groups in total. The summed E-state index contributed by atoms with van der Waals surface area (Å²) >= 11 is 0. The second kappa shape index (κ2) is 5.58. The Labute approximate surface area is 118 Å². The Kier molecular flexibility index (Phi) is 3.84. The van der Waals surface area contributed by atoms with Gasteiger partial charge in [0.2, 0.25) is 5.75 Å². The molecule has 2 aromatic carbocycles. The topological polar surface area (TPSA) is 89.7 Å². The number of hydrogen-bond donors (Lipinski definition) is 1. The van der Waals surface area contributed by atoms with Gasteiger partial charge in [-0.05, 0) is 19.1 Å². The number of esters is 1. The molecule has 0 atom stereocenters. The van der Waals surface area contributed by atoms with Crippen LogP contribution in [0.5, 0.6) is 11.5 Å². The molecule has 0 heterocycles. The van der Waals surface area contributed by atoms with Crippen molar-refractivity contribution in [3.63, 3.8) is 0 Å². The third-order valence-corrected chi connectivity index (χ3v) is 2.83. The molecule has 0 fully saturated rings. The Morgan fingerprint density at radius 3 is 2.52 bits per heavy atom. The van der Waals surface area contributed by atoms with Crippen LogP contribution < -0.4 is 4.74 Å². The van der Waals surface area contributed by atoms with Gasteiger partial charge >= 0.3 is 11.7 Å². The molecular weight excluding hydrogens is 281 g/mol. The van der Waals surface area contributed by atoms with E-state index in [-0.39, 0.29) is 11.3 Å². The fourth-order valence-corrected chi connectivity index (χ4v) is 1.76. The predicted octanol–water partition coefficient (Wildman–Crippen LogP) is 2.97. The van der Waals surface area contributed by atoms with Crippen molar-refractivity contribution in [3.05, 3.63) is 63.5 Å². The van der Waals surface area contributed by atoms with Crippen molar-refractivity contribution in [2.24, 2.45) is 0 Å². The summed E-state index contributed by atoms with van der Waals surface area (Å²) in [5.41, 5.74) is -1.68. The van der Waals surface area contributed by atoms with Crippen LogP contribution in [0, 0.1) is 22.9 Å². The second-order valence-electron chi connectivity index (χ2n) is 4.19. The largest absolute Gasteiger partial charge is 0.501 e. The molecule has 0 aliphatic rings. The van der Waals surface area contributed by atoms with Gasteiger partial charge in [-0.25, -0.2) is 9.18 Å². The molecule has 2 rings (SSSR count). The Bertz CT molecular complexity index is 715. The molecule has 6 nitrogen and oxygen atoms in total. The van der Waals surface area contributed by atoms with Crippen LogP contribution in [0.1, 0.15) is 15.9 Å². The molecular formula is C14H10FNO5. The highest BCUT2D eigenvalue weighted by Crippen LogP contribution is 2.34. The smallest absolute Gasteiger partial charge is 0.347 e. The monoisotopic (exact) mass is 291 g/mol. The van der Waals surface area contributed by atoms with Gasteiger partial charge in [0.25, 0.3) is 0 Å². The van der Waals surface area contributed by atoms with Gasteiger partial charge in [-0.2, -0.15) is 0 Å². The summed E-state index contributed by atoms with van der Waals surface area (Å²) in [4.78, 5) is 21.8. The molecule has 0 saturated carbocycles. The number of benzene rings is 2. The average Bonchev–Trinajstić information content (AvgIpc) is 2.43. The lowest BCUT2D eigenvalue weighted by molar-refractivity contribution is -0.386. The molecule has 0 bridgehead atoms. The van der Waals surface area contributed by atoms with E-state index in [2.05, 4.69) is 0 Å². The first-order valence-corrected chi connectivity index (χ1v) is 5.85. The third kappa shape index (κ3) is 2.81. The Morgan fingerprint density at radius 2 is 1.95 bits per heavy atom. The lowest BCUT2D eigenvalue weighted by Gasteiger charge is -2.09. The van der Waals surface area contributed by atoms with Crippen molar-refractivity contribution in [2.75, 3.05) is 0 Å². The molecule has 0 unspecified atom stereocenters. The maximum absolute atomic E-state index is 13.7. The van der Waals surface area contributed by atoms with E-state index in [1.807, 2.05) is 0 Å². The Hall–Kier alpha value is -2.96. The Balaban J connectivity index is 2.48. The second-order valence-corrected chi connectivity index (χ2v) is 4.19. The molecule has 108 valence electrons. The van der Waals surface area contributed by atoms with Crippen LogP contribution in [0.2, 0.25) is 0 Å². The zero-order valence-electron chi connectivity index (χ0n) is 10.9. The number of nitrogens with zero attached hydrogens (tertiary/aromatic N) is 1. The number of phenolic OH excluding ortho intramolecular Hbond substituents is 1. The molecule has 0 amide bonds. The van der Waals surface area contributed by atoms with Gasteiger partial charge < -0.3 is 9.84 Å². The SMILES string of the molecule is Cc1c(F)cc([N+](=O)[O-])c(O)c1C(=O)Oc1ccccc1. The van der Waals surface area contributed by atoms with Gasteiger partial charge in [0.15, 0.2) is 0 Å². The minimum absolute atomic E-state index is 0.174. The highest BCUT2D eigenvalue weighted by atomic mass is 19.1. The average molecular weight is 291 g/mol. The van der Waals surface area contributed by atoms with Crippen molar-refractivity contribution in [1.82, 2.24) is 0 Å². The van der Waals surface area contributed by atoms with E-state index in [4.69, 9.17) is 4.74 Å². The molecule has 0 radical (unpaired) electrons. The lowest BCUT2D eigenvalue weighted by atomic mass is 10.1. The number of carbonyl (C=O) groups is 1. The molecule has 0 aliphatic carbocycles. The van der Waals surface area contributed by atoms with Crippen LogP contribution >= 0.6 is 0 Å². The predicted molar refractivity (Wildman–Crippen MR) is 70.9 cm³/mol. The van der Waals surface area contributed by atoms with Gasteiger partial charge in [-0.3, -0.25) is 10.1 Å². The summed E-state index contributed by atoms with van der Waals surface area (Å²) in [7, 11) is 0. The third-order valence-electron chi connectivity index (χ3n) is 2.83. The van der Waals surface area contributed by atoms with Crippen molar-refractivity contribution < 1.29 is 24.0 Å². The van der Waals surface area contributed by atoms with Gasteiger partial charge in [-0.1, -0.05) is 18.2 Å². The summed E-state index contributed by atoms with van der Waals surface area (Å²) in [6.07, 6.45) is 0. The van der Waals surface area contributed by atoms with E-state index in [0.717, 1.165) is 0 Å². The molecule has 0 saturated heterocycles. The van der Waals surface area contributed by atoms with E-state index in [1.54, 1.807) is 18.2 Å². The number of aromatic hydroxyl groups is 1. The van der Waals surface area contributed by atoms with E-state index in [9.17, 15) is 24.4 Å². The quantitative estimate of drug-likeness (QED) is 0.406. The number of rotatable bonds is 3. The standard InChI is InChI=1S/C14H10FNO5/c1-8-10(15)7-11(16(19)20)13(17)12(8)14(18)21-9-5-3-2-4-6-9/h2-7,17H,1H3. The van der Waals surface area contributed by atoms with E-state index in [1.165, 1.54) is 19.1 Å². The fourth-order valence-electron chi connectivity index (χ4n) is 1.76. The first-order valence-electron chi connectivity index (χ1n) is 5.85. The fraction of sp³-hybridized carbons (Fsp3) is 0.0714. The normalized spacial score (nSPS) is 10.2. The highest BCUT2D eigenvalue weighted by Gasteiger charge is 2.28. The molecule has 21 heavy (non-hydrogen) atoms. The summed E-state index contributed by atoms with van der Waals surface area (Å²) in [6, 6.07) is 8.46. The molecule has 0 spiro atoms. The first kappa shape index (κ1) is 14.4. The van der Waals surface area contributed by atoms with E-state index in [0.29, 0.717) is 6.07 Å². The minimum atomic E-state index is -1.07. The summed E-state index contributed by atoms with van der Waals surface area (Å²) in [5, 5.41) is 20.5. The number of hydrogen-bond acceptors (Lipinski definition) is 5. The van der Waals surface area contributed by atoms with Gasteiger partial charge in [-0.15, -0.1) is 0 Å². The first-order chi connectivity index (χ1) is 9.91. The van der Waals surface area contributed by atoms with Crippen LogP contribution in [0.3, 0.4) is 0 Å². The van der Waals surface area contributed by atoms with Crippen LogP contribution in [0.15, 0.2) is 36.4 Å². The number of nitro benzene ring substituents is 1. The van der Waals surface area contributed by atoms with Gasteiger partial charge in [0.05, 0.1) is 11.0 Å². The molecule has 0 aromatic heterocycles. The van der Waals surface area contributed by atoms with Crippen LogP contribution in [-0.2, 0) is 0 Å². The number of para-hydroxylation sites is 1. The zero-order chi connectivity index (χ0) is 15.6.